The molecule has 0 amide bonds. The van der Waals surface area contributed by atoms with Crippen molar-refractivity contribution in [3.63, 3.8) is 0 Å². The number of fused-ring (bicyclic) bond motifs is 1. The number of benzene rings is 1. The van der Waals surface area contributed by atoms with Gasteiger partial charge in [-0.25, -0.2) is 9.97 Å². The van der Waals surface area contributed by atoms with Crippen molar-refractivity contribution in [3.8, 4) is 11.4 Å². The molecule has 0 aliphatic heterocycles. The highest BCUT2D eigenvalue weighted by atomic mass is 32.2. The number of pyridine rings is 1. The zero-order valence-corrected chi connectivity index (χ0v) is 14.2. The lowest BCUT2D eigenvalue weighted by molar-refractivity contribution is -0.137. The number of alkyl halides is 3. The molecule has 0 fully saturated rings. The number of hydrogen-bond donors (Lipinski definition) is 0. The first kappa shape index (κ1) is 16.8. The van der Waals surface area contributed by atoms with Crippen LogP contribution in [0.2, 0.25) is 0 Å². The van der Waals surface area contributed by atoms with Gasteiger partial charge in [-0.15, -0.1) is 11.8 Å². The van der Waals surface area contributed by atoms with Crippen LogP contribution in [0.15, 0.2) is 41.4 Å². The summed E-state index contributed by atoms with van der Waals surface area (Å²) in [5.74, 6) is 0.612. The van der Waals surface area contributed by atoms with E-state index < -0.39 is 11.7 Å². The number of nitrogens with zero attached hydrogens (tertiary/aromatic N) is 3. The van der Waals surface area contributed by atoms with Crippen molar-refractivity contribution in [2.45, 2.75) is 30.2 Å². The lowest BCUT2D eigenvalue weighted by atomic mass is 10.2. The minimum Gasteiger partial charge on any atom is -0.312 e. The van der Waals surface area contributed by atoms with Crippen molar-refractivity contribution in [2.24, 2.45) is 7.05 Å². The van der Waals surface area contributed by atoms with Crippen LogP contribution in [0.4, 0.5) is 13.2 Å². The fourth-order valence-electron chi connectivity index (χ4n) is 2.48. The summed E-state index contributed by atoms with van der Waals surface area (Å²) in [6.07, 6.45) is -3.58. The molecular formula is C17H16F3N3S. The number of aryl methyl sites for hydroxylation is 1. The highest BCUT2D eigenvalue weighted by molar-refractivity contribution is 8.00. The van der Waals surface area contributed by atoms with E-state index in [1.807, 2.05) is 24.3 Å². The van der Waals surface area contributed by atoms with Gasteiger partial charge in [-0.1, -0.05) is 32.0 Å². The SMILES string of the molecule is CC(C)Sc1ccccc1-c1nc2cc(C(F)(F)F)cnc2n1C. The zero-order chi connectivity index (χ0) is 17.5. The average molecular weight is 351 g/mol. The third kappa shape index (κ3) is 3.13. The standard InChI is InChI=1S/C17H16F3N3S/c1-10(2)24-14-7-5-4-6-12(14)15-22-13-8-11(17(18,19)20)9-21-16(13)23(15)3/h4-10H,1-3H3. The molecule has 0 saturated carbocycles. The molecule has 0 aliphatic carbocycles. The molecule has 2 aromatic heterocycles. The Kier molecular flexibility index (Phi) is 4.29. The van der Waals surface area contributed by atoms with Gasteiger partial charge in [0.05, 0.1) is 5.56 Å². The van der Waals surface area contributed by atoms with E-state index in [0.29, 0.717) is 16.7 Å². The Labute approximate surface area is 141 Å². The van der Waals surface area contributed by atoms with Crippen molar-refractivity contribution < 1.29 is 13.2 Å². The number of rotatable bonds is 3. The molecular weight excluding hydrogens is 335 g/mol. The molecule has 24 heavy (non-hydrogen) atoms. The molecule has 0 atom stereocenters. The molecule has 3 nitrogen and oxygen atoms in total. The highest BCUT2D eigenvalue weighted by Crippen LogP contribution is 2.35. The summed E-state index contributed by atoms with van der Waals surface area (Å²) in [5, 5.41) is 0.385. The number of imidazole rings is 1. The van der Waals surface area contributed by atoms with Crippen LogP contribution in [0.1, 0.15) is 19.4 Å². The van der Waals surface area contributed by atoms with Crippen LogP contribution in [0.3, 0.4) is 0 Å². The fraction of sp³-hybridized carbons (Fsp3) is 0.294. The first-order chi connectivity index (χ1) is 11.3. The van der Waals surface area contributed by atoms with E-state index in [9.17, 15) is 13.2 Å². The lowest BCUT2D eigenvalue weighted by Gasteiger charge is -2.10. The molecule has 0 bridgehead atoms. The summed E-state index contributed by atoms with van der Waals surface area (Å²) in [6.45, 7) is 4.18. The maximum Gasteiger partial charge on any atom is 0.417 e. The average Bonchev–Trinajstić information content (AvgIpc) is 2.83. The zero-order valence-electron chi connectivity index (χ0n) is 13.4. The van der Waals surface area contributed by atoms with E-state index in [0.717, 1.165) is 22.7 Å². The van der Waals surface area contributed by atoms with Crippen LogP contribution in [-0.4, -0.2) is 19.8 Å². The molecule has 0 radical (unpaired) electrons. The molecule has 1 aromatic carbocycles. The van der Waals surface area contributed by atoms with Crippen molar-refractivity contribution in [3.05, 3.63) is 42.1 Å². The molecule has 2 heterocycles. The normalized spacial score (nSPS) is 12.3. The van der Waals surface area contributed by atoms with Gasteiger partial charge in [-0.2, -0.15) is 13.2 Å². The van der Waals surface area contributed by atoms with E-state index >= 15 is 0 Å². The Bertz CT molecular complexity index is 884. The van der Waals surface area contributed by atoms with E-state index in [2.05, 4.69) is 23.8 Å². The molecule has 3 aromatic rings. The number of thioether (sulfide) groups is 1. The maximum atomic E-state index is 12.9. The first-order valence-electron chi connectivity index (χ1n) is 7.43. The predicted molar refractivity (Wildman–Crippen MR) is 89.9 cm³/mol. The van der Waals surface area contributed by atoms with Crippen LogP contribution in [0.5, 0.6) is 0 Å². The molecule has 0 N–H and O–H groups in total. The highest BCUT2D eigenvalue weighted by Gasteiger charge is 2.31. The number of aromatic nitrogens is 3. The molecule has 0 aliphatic rings. The maximum absolute atomic E-state index is 12.9. The summed E-state index contributed by atoms with van der Waals surface area (Å²) in [5.41, 5.74) is 0.781. The molecule has 126 valence electrons. The molecule has 0 spiro atoms. The van der Waals surface area contributed by atoms with E-state index in [-0.39, 0.29) is 5.52 Å². The van der Waals surface area contributed by atoms with Gasteiger partial charge < -0.3 is 4.57 Å². The van der Waals surface area contributed by atoms with Gasteiger partial charge in [0.25, 0.3) is 0 Å². The van der Waals surface area contributed by atoms with Gasteiger partial charge in [-0.3, -0.25) is 0 Å². The lowest BCUT2D eigenvalue weighted by Crippen LogP contribution is -2.05. The Balaban J connectivity index is 2.16. The number of hydrogen-bond acceptors (Lipinski definition) is 3. The Morgan fingerprint density at radius 2 is 1.88 bits per heavy atom. The molecule has 0 saturated heterocycles. The second-order valence-corrected chi connectivity index (χ2v) is 7.34. The van der Waals surface area contributed by atoms with Crippen molar-refractivity contribution >= 4 is 22.9 Å². The van der Waals surface area contributed by atoms with E-state index in [1.165, 1.54) is 0 Å². The largest absolute Gasteiger partial charge is 0.417 e. The number of halogens is 3. The topological polar surface area (TPSA) is 30.7 Å². The fourth-order valence-corrected chi connectivity index (χ4v) is 3.43. The van der Waals surface area contributed by atoms with Gasteiger partial charge in [0.2, 0.25) is 0 Å². The van der Waals surface area contributed by atoms with Crippen molar-refractivity contribution in [2.75, 3.05) is 0 Å². The van der Waals surface area contributed by atoms with Gasteiger partial charge in [0.15, 0.2) is 5.65 Å². The minimum atomic E-state index is -4.43. The Morgan fingerprint density at radius 1 is 1.17 bits per heavy atom. The van der Waals surface area contributed by atoms with Gasteiger partial charge in [0.1, 0.15) is 11.3 Å². The second-order valence-electron chi connectivity index (χ2n) is 5.72. The summed E-state index contributed by atoms with van der Waals surface area (Å²) in [6, 6.07) is 8.80. The quantitative estimate of drug-likeness (QED) is 0.611. The first-order valence-corrected chi connectivity index (χ1v) is 8.31. The summed E-state index contributed by atoms with van der Waals surface area (Å²) >= 11 is 1.69. The molecule has 0 unspecified atom stereocenters. The van der Waals surface area contributed by atoms with Crippen LogP contribution >= 0.6 is 11.8 Å². The summed E-state index contributed by atoms with van der Waals surface area (Å²) < 4.78 is 40.4. The third-order valence-electron chi connectivity index (χ3n) is 3.53. The second kappa shape index (κ2) is 6.12. The Morgan fingerprint density at radius 3 is 2.54 bits per heavy atom. The van der Waals surface area contributed by atoms with E-state index in [1.54, 1.807) is 23.4 Å². The predicted octanol–water partition coefficient (Wildman–Crippen LogP) is 5.15. The van der Waals surface area contributed by atoms with Gasteiger partial charge >= 0.3 is 6.18 Å². The summed E-state index contributed by atoms with van der Waals surface area (Å²) in [4.78, 5) is 9.41. The van der Waals surface area contributed by atoms with Crippen LogP contribution in [-0.2, 0) is 13.2 Å². The van der Waals surface area contributed by atoms with E-state index in [4.69, 9.17) is 0 Å². The van der Waals surface area contributed by atoms with Crippen LogP contribution < -0.4 is 0 Å². The van der Waals surface area contributed by atoms with Crippen molar-refractivity contribution in [1.29, 1.82) is 0 Å². The van der Waals surface area contributed by atoms with Crippen LogP contribution in [0, 0.1) is 0 Å². The third-order valence-corrected chi connectivity index (χ3v) is 4.61. The van der Waals surface area contributed by atoms with Gasteiger partial charge in [-0.05, 0) is 12.1 Å². The molecule has 7 heteroatoms. The van der Waals surface area contributed by atoms with Crippen LogP contribution in [0.25, 0.3) is 22.6 Å². The minimum absolute atomic E-state index is 0.242. The summed E-state index contributed by atoms with van der Waals surface area (Å²) in [7, 11) is 1.77. The smallest absolute Gasteiger partial charge is 0.312 e. The van der Waals surface area contributed by atoms with Crippen molar-refractivity contribution in [1.82, 2.24) is 14.5 Å². The van der Waals surface area contributed by atoms with Gasteiger partial charge in [0, 0.05) is 29.0 Å². The monoisotopic (exact) mass is 351 g/mol. The Hall–Kier alpha value is -2.02. The molecule has 3 rings (SSSR count).